The molecular weight excluding hydrogens is 589 g/mol. The summed E-state index contributed by atoms with van der Waals surface area (Å²) < 4.78 is 54.2. The number of rotatable bonds is 7. The van der Waals surface area contributed by atoms with Crippen molar-refractivity contribution in [2.24, 2.45) is 11.1 Å². The highest BCUT2D eigenvalue weighted by atomic mass is 19.4. The van der Waals surface area contributed by atoms with Crippen molar-refractivity contribution in [1.29, 1.82) is 0 Å². The molecule has 2 heterocycles. The number of primary amides is 1. The van der Waals surface area contributed by atoms with Crippen LogP contribution in [-0.2, 0) is 22.1 Å². The van der Waals surface area contributed by atoms with Gasteiger partial charge in [0.15, 0.2) is 17.8 Å². The van der Waals surface area contributed by atoms with E-state index in [0.717, 1.165) is 4.68 Å². The minimum absolute atomic E-state index is 0.0367. The number of aliphatic hydroxyl groups excluding tert-OH is 4. The number of anilines is 1. The molecule has 0 unspecified atom stereocenters. The number of benzene rings is 1. The van der Waals surface area contributed by atoms with Crippen LogP contribution in [0.2, 0.25) is 0 Å². The van der Waals surface area contributed by atoms with E-state index in [2.05, 4.69) is 10.4 Å². The van der Waals surface area contributed by atoms with Crippen molar-refractivity contribution in [3.8, 4) is 5.69 Å². The molecule has 1 aliphatic heterocycles. The van der Waals surface area contributed by atoms with Gasteiger partial charge in [-0.3, -0.25) is 9.59 Å². The fraction of sp³-hybridized carbons (Fsp3) is 0.621. The zero-order chi connectivity index (χ0) is 32.1. The quantitative estimate of drug-likeness (QED) is 0.264. The summed E-state index contributed by atoms with van der Waals surface area (Å²) in [6.45, 7) is 3.04. The molecule has 0 spiro atoms. The van der Waals surface area contributed by atoms with Gasteiger partial charge in [0.2, 0.25) is 0 Å². The number of ketones is 1. The average Bonchev–Trinajstić information content (AvgIpc) is 3.33. The second kappa shape index (κ2) is 12.0. The van der Waals surface area contributed by atoms with Crippen molar-refractivity contribution in [1.82, 2.24) is 9.78 Å². The summed E-state index contributed by atoms with van der Waals surface area (Å²) in [5.41, 5.74) is 4.18. The maximum Gasteiger partial charge on any atom is 0.435 e. The monoisotopic (exact) mass is 626 g/mol. The number of halogens is 3. The van der Waals surface area contributed by atoms with Crippen molar-refractivity contribution < 1.29 is 52.7 Å². The number of aromatic nitrogens is 2. The topological polar surface area (TPSA) is 189 Å². The van der Waals surface area contributed by atoms with Gasteiger partial charge in [-0.25, -0.2) is 4.68 Å². The number of carbonyl (C=O) groups is 2. The first-order valence-electron chi connectivity index (χ1n) is 14.5. The number of nitrogens with one attached hydrogen (secondary N) is 1. The second-order valence-electron chi connectivity index (χ2n) is 12.6. The highest BCUT2D eigenvalue weighted by Gasteiger charge is 2.46. The summed E-state index contributed by atoms with van der Waals surface area (Å²) >= 11 is 0. The number of ether oxygens (including phenoxy) is 2. The molecule has 15 heteroatoms. The second-order valence-corrected chi connectivity index (χ2v) is 12.6. The highest BCUT2D eigenvalue weighted by molar-refractivity contribution is 6.00. The third-order valence-corrected chi connectivity index (χ3v) is 8.54. The largest absolute Gasteiger partial charge is 0.435 e. The maximum atomic E-state index is 13.9. The van der Waals surface area contributed by atoms with E-state index in [1.165, 1.54) is 18.2 Å². The molecule has 44 heavy (non-hydrogen) atoms. The number of alkyl halides is 3. The van der Waals surface area contributed by atoms with Crippen LogP contribution < -0.4 is 11.1 Å². The molecule has 0 bridgehead atoms. The lowest BCUT2D eigenvalue weighted by molar-refractivity contribution is -0.313. The molecule has 5 atom stereocenters. The normalized spacial score (nSPS) is 30.6. The number of hydrogen-bond donors (Lipinski definition) is 6. The standard InChI is InChI=1S/C29H37F3N4O8/c1-28(2)10-18-21(19(38)11-28)25(29(30,31)32)35-36(18)14-5-8-16(26(33)42)17(9-14)34-13-3-6-15(7-4-13)43-27-24(41)23(40)22(39)20(12-37)44-27/h5,8-9,13,15,20,22-24,27,34,37,39-41H,3-4,6-7,10-12H2,1-2H3,(H2,33,42)/t13?,15?,20-,22+,23+,24-,27-/m1/s1. The molecule has 1 saturated heterocycles. The first-order valence-corrected chi connectivity index (χ1v) is 14.5. The molecule has 2 aliphatic carbocycles. The van der Waals surface area contributed by atoms with Gasteiger partial charge in [0.05, 0.1) is 35.2 Å². The molecule has 1 amide bonds. The molecule has 242 valence electrons. The SMILES string of the molecule is CC1(C)CC(=O)c2c(C(F)(F)F)nn(-c3ccc(C(N)=O)c(NC4CCC(O[C@@H]5O[C@H](CO)[C@H](O)[C@H](O)[C@H]5O)CC4)c3)c2C1. The van der Waals surface area contributed by atoms with Crippen LogP contribution in [0, 0.1) is 5.41 Å². The van der Waals surface area contributed by atoms with Gasteiger partial charge < -0.3 is 41.0 Å². The Balaban J connectivity index is 1.35. The van der Waals surface area contributed by atoms with Crippen LogP contribution in [0.1, 0.15) is 78.1 Å². The summed E-state index contributed by atoms with van der Waals surface area (Å²) in [4.78, 5) is 25.1. The molecule has 2 fully saturated rings. The van der Waals surface area contributed by atoms with E-state index in [-0.39, 0.29) is 41.9 Å². The van der Waals surface area contributed by atoms with Crippen LogP contribution >= 0.6 is 0 Å². The molecule has 5 rings (SSSR count). The fourth-order valence-electron chi connectivity index (χ4n) is 6.29. The Morgan fingerprint density at radius 2 is 1.82 bits per heavy atom. The van der Waals surface area contributed by atoms with E-state index in [1.54, 1.807) is 13.8 Å². The van der Waals surface area contributed by atoms with Gasteiger partial charge in [-0.1, -0.05) is 13.8 Å². The minimum atomic E-state index is -4.84. The van der Waals surface area contributed by atoms with E-state index < -0.39 is 71.9 Å². The Bertz CT molecular complexity index is 1400. The number of nitrogens with zero attached hydrogens (tertiary/aromatic N) is 2. The first kappa shape index (κ1) is 32.3. The van der Waals surface area contributed by atoms with Gasteiger partial charge >= 0.3 is 6.18 Å². The van der Waals surface area contributed by atoms with Gasteiger partial charge in [-0.05, 0) is 55.7 Å². The van der Waals surface area contributed by atoms with E-state index >= 15 is 0 Å². The van der Waals surface area contributed by atoms with Crippen LogP contribution in [0.15, 0.2) is 18.2 Å². The maximum absolute atomic E-state index is 13.9. The Morgan fingerprint density at radius 3 is 2.43 bits per heavy atom. The van der Waals surface area contributed by atoms with Crippen LogP contribution in [0.3, 0.4) is 0 Å². The Labute approximate surface area is 250 Å². The number of aliphatic hydroxyl groups is 4. The van der Waals surface area contributed by atoms with Crippen molar-refractivity contribution in [3.05, 3.63) is 40.7 Å². The molecule has 1 saturated carbocycles. The zero-order valence-electron chi connectivity index (χ0n) is 24.3. The van der Waals surface area contributed by atoms with E-state index in [1.807, 2.05) is 0 Å². The lowest BCUT2D eigenvalue weighted by Gasteiger charge is -2.41. The van der Waals surface area contributed by atoms with Crippen molar-refractivity contribution in [2.45, 2.75) is 101 Å². The molecule has 0 radical (unpaired) electrons. The summed E-state index contributed by atoms with van der Waals surface area (Å²) in [7, 11) is 0. The third-order valence-electron chi connectivity index (χ3n) is 8.54. The summed E-state index contributed by atoms with van der Waals surface area (Å²) in [5.74, 6) is -1.36. The van der Waals surface area contributed by atoms with Crippen LogP contribution in [0.4, 0.5) is 18.9 Å². The number of hydrogen-bond acceptors (Lipinski definition) is 10. The third kappa shape index (κ3) is 6.34. The van der Waals surface area contributed by atoms with Gasteiger partial charge in [-0.15, -0.1) is 0 Å². The highest BCUT2D eigenvalue weighted by Crippen LogP contribution is 2.42. The van der Waals surface area contributed by atoms with Gasteiger partial charge in [0, 0.05) is 18.2 Å². The number of fused-ring (bicyclic) bond motifs is 1. The van der Waals surface area contributed by atoms with E-state index in [9.17, 15) is 43.2 Å². The number of Topliss-reactive ketones (excluding diaryl/α,β-unsaturated/α-hetero) is 1. The van der Waals surface area contributed by atoms with Crippen molar-refractivity contribution >= 4 is 17.4 Å². The lowest BCUT2D eigenvalue weighted by atomic mass is 9.75. The average molecular weight is 627 g/mol. The molecule has 1 aromatic carbocycles. The zero-order valence-corrected chi connectivity index (χ0v) is 24.3. The fourth-order valence-corrected chi connectivity index (χ4v) is 6.29. The van der Waals surface area contributed by atoms with E-state index in [0.29, 0.717) is 31.4 Å². The predicted molar refractivity (Wildman–Crippen MR) is 148 cm³/mol. The Morgan fingerprint density at radius 1 is 1.14 bits per heavy atom. The van der Waals surface area contributed by atoms with E-state index in [4.69, 9.17) is 15.2 Å². The van der Waals surface area contributed by atoms with Crippen LogP contribution in [0.25, 0.3) is 5.69 Å². The minimum Gasteiger partial charge on any atom is -0.394 e. The summed E-state index contributed by atoms with van der Waals surface area (Å²) in [5, 5.41) is 46.8. The van der Waals surface area contributed by atoms with Crippen LogP contribution in [-0.4, -0.2) is 91.4 Å². The van der Waals surface area contributed by atoms with Crippen LogP contribution in [0.5, 0.6) is 0 Å². The Hall–Kier alpha value is -3.08. The first-order chi connectivity index (χ1) is 20.6. The number of amides is 1. The summed E-state index contributed by atoms with van der Waals surface area (Å²) in [6.07, 6.45) is -9.95. The molecule has 7 N–H and O–H groups in total. The van der Waals surface area contributed by atoms with Gasteiger partial charge in [0.25, 0.3) is 5.91 Å². The van der Waals surface area contributed by atoms with Crippen molar-refractivity contribution in [3.63, 3.8) is 0 Å². The molecule has 2 aromatic rings. The van der Waals surface area contributed by atoms with Crippen molar-refractivity contribution in [2.75, 3.05) is 11.9 Å². The molecule has 12 nitrogen and oxygen atoms in total. The number of nitrogens with two attached hydrogens (primary N) is 1. The van der Waals surface area contributed by atoms with Gasteiger partial charge in [-0.2, -0.15) is 18.3 Å². The molecular formula is C29H37F3N4O8. The predicted octanol–water partition coefficient (Wildman–Crippen LogP) is 1.68. The number of carbonyl (C=O) groups excluding carboxylic acids is 2. The molecule has 1 aromatic heterocycles. The Kier molecular flexibility index (Phi) is 8.83. The molecule has 3 aliphatic rings. The van der Waals surface area contributed by atoms with Gasteiger partial charge in [0.1, 0.15) is 24.4 Å². The summed E-state index contributed by atoms with van der Waals surface area (Å²) in [6, 6.07) is 4.16. The lowest BCUT2D eigenvalue weighted by Crippen LogP contribution is -2.59. The smallest absolute Gasteiger partial charge is 0.394 e.